The maximum absolute atomic E-state index is 12.2. The van der Waals surface area contributed by atoms with Crippen molar-refractivity contribution in [2.24, 2.45) is 0 Å². The fourth-order valence-corrected chi connectivity index (χ4v) is 2.09. The van der Waals surface area contributed by atoms with Gasteiger partial charge in [-0.15, -0.1) is 0 Å². The third kappa shape index (κ3) is 3.88. The highest BCUT2D eigenvalue weighted by Crippen LogP contribution is 2.20. The first-order valence-corrected chi connectivity index (χ1v) is 7.10. The number of hydrogen-bond acceptors (Lipinski definition) is 4. The molecule has 0 saturated heterocycles. The normalized spacial score (nSPS) is 13.3. The van der Waals surface area contributed by atoms with Gasteiger partial charge in [0.05, 0.1) is 12.3 Å². The van der Waals surface area contributed by atoms with Crippen molar-refractivity contribution in [3.63, 3.8) is 0 Å². The fraction of sp³-hybridized carbons (Fsp3) is 0.267. The fourth-order valence-electron chi connectivity index (χ4n) is 1.96. The quantitative estimate of drug-likeness (QED) is 0.747. The Morgan fingerprint density at radius 3 is 2.61 bits per heavy atom. The number of aromatic nitrogens is 2. The van der Waals surface area contributed by atoms with Crippen molar-refractivity contribution in [3.8, 4) is 11.3 Å². The average molecular weight is 338 g/mol. The Morgan fingerprint density at radius 1 is 1.39 bits per heavy atom. The molecule has 1 aromatic carbocycles. The van der Waals surface area contributed by atoms with Crippen LogP contribution in [0.15, 0.2) is 30.3 Å². The number of halogens is 1. The van der Waals surface area contributed by atoms with Crippen molar-refractivity contribution < 1.29 is 19.4 Å². The molecule has 1 aromatic heterocycles. The van der Waals surface area contributed by atoms with Crippen LogP contribution in [-0.2, 0) is 9.53 Å². The van der Waals surface area contributed by atoms with Gasteiger partial charge in [0, 0.05) is 17.7 Å². The van der Waals surface area contributed by atoms with Crippen molar-refractivity contribution in [1.82, 2.24) is 15.5 Å². The summed E-state index contributed by atoms with van der Waals surface area (Å²) >= 11 is 5.83. The standard InChI is InChI=1S/C15H16ClN3O4/c1-15(8-23-2,14(21)22)17-13(20)12-7-11(18-19-12)9-3-5-10(16)6-4-9/h3-7H,8H2,1-2H3,(H,17,20)(H,18,19)(H,21,22). The van der Waals surface area contributed by atoms with E-state index in [1.165, 1.54) is 20.1 Å². The lowest BCUT2D eigenvalue weighted by atomic mass is 10.0. The number of aliphatic carboxylic acids is 1. The van der Waals surface area contributed by atoms with E-state index in [0.29, 0.717) is 10.7 Å². The summed E-state index contributed by atoms with van der Waals surface area (Å²) in [5.74, 6) is -1.77. The van der Waals surface area contributed by atoms with E-state index < -0.39 is 17.4 Å². The molecule has 1 heterocycles. The van der Waals surface area contributed by atoms with Gasteiger partial charge in [-0.3, -0.25) is 9.89 Å². The molecule has 122 valence electrons. The van der Waals surface area contributed by atoms with Crippen LogP contribution in [0.25, 0.3) is 11.3 Å². The number of carboxylic acids is 1. The summed E-state index contributed by atoms with van der Waals surface area (Å²) in [5, 5.41) is 18.9. The van der Waals surface area contributed by atoms with E-state index in [-0.39, 0.29) is 12.3 Å². The molecule has 0 fully saturated rings. The number of carbonyl (C=O) groups is 2. The third-order valence-electron chi connectivity index (χ3n) is 3.26. The summed E-state index contributed by atoms with van der Waals surface area (Å²) in [6.07, 6.45) is 0. The highest BCUT2D eigenvalue weighted by molar-refractivity contribution is 6.30. The summed E-state index contributed by atoms with van der Waals surface area (Å²) in [7, 11) is 1.36. The number of carbonyl (C=O) groups excluding carboxylic acids is 1. The van der Waals surface area contributed by atoms with E-state index in [1.807, 2.05) is 0 Å². The van der Waals surface area contributed by atoms with Gasteiger partial charge in [0.2, 0.25) is 0 Å². The number of ether oxygens (including phenoxy) is 1. The molecule has 23 heavy (non-hydrogen) atoms. The number of rotatable bonds is 6. The van der Waals surface area contributed by atoms with E-state index >= 15 is 0 Å². The zero-order chi connectivity index (χ0) is 17.0. The Kier molecular flexibility index (Phi) is 5.02. The first-order valence-electron chi connectivity index (χ1n) is 6.72. The SMILES string of the molecule is COCC(C)(NC(=O)c1cc(-c2ccc(Cl)cc2)n[nH]1)C(=O)O. The van der Waals surface area contributed by atoms with E-state index in [0.717, 1.165) is 5.56 Å². The number of nitrogens with one attached hydrogen (secondary N) is 2. The van der Waals surface area contributed by atoms with Gasteiger partial charge in [-0.05, 0) is 25.1 Å². The summed E-state index contributed by atoms with van der Waals surface area (Å²) in [4.78, 5) is 23.5. The summed E-state index contributed by atoms with van der Waals surface area (Å²) < 4.78 is 4.86. The Labute approximate surface area is 137 Å². The highest BCUT2D eigenvalue weighted by Gasteiger charge is 2.35. The smallest absolute Gasteiger partial charge is 0.331 e. The van der Waals surface area contributed by atoms with Gasteiger partial charge in [-0.1, -0.05) is 23.7 Å². The lowest BCUT2D eigenvalue weighted by Gasteiger charge is -2.24. The molecule has 0 bridgehead atoms. The van der Waals surface area contributed by atoms with Crippen molar-refractivity contribution in [2.45, 2.75) is 12.5 Å². The minimum atomic E-state index is -1.53. The molecule has 2 aromatic rings. The van der Waals surface area contributed by atoms with Crippen LogP contribution in [0.1, 0.15) is 17.4 Å². The van der Waals surface area contributed by atoms with Crippen LogP contribution < -0.4 is 5.32 Å². The molecule has 0 radical (unpaired) electrons. The Bertz CT molecular complexity index is 714. The number of H-pyrrole nitrogens is 1. The van der Waals surface area contributed by atoms with Crippen molar-refractivity contribution in [3.05, 3.63) is 41.0 Å². The summed E-state index contributed by atoms with van der Waals surface area (Å²) in [6, 6.07) is 8.50. The Balaban J connectivity index is 2.18. The first-order chi connectivity index (χ1) is 10.9. The minimum absolute atomic E-state index is 0.151. The Hall–Kier alpha value is -2.38. The van der Waals surface area contributed by atoms with Gasteiger partial charge in [0.25, 0.3) is 5.91 Å². The molecule has 1 unspecified atom stereocenters. The zero-order valence-corrected chi connectivity index (χ0v) is 13.3. The van der Waals surface area contributed by atoms with Gasteiger partial charge in [0.1, 0.15) is 5.69 Å². The van der Waals surface area contributed by atoms with Crippen LogP contribution >= 0.6 is 11.6 Å². The molecule has 3 N–H and O–H groups in total. The van der Waals surface area contributed by atoms with Crippen LogP contribution in [0.3, 0.4) is 0 Å². The number of amides is 1. The number of carboxylic acid groups (broad SMARTS) is 1. The van der Waals surface area contributed by atoms with Crippen molar-refractivity contribution in [2.75, 3.05) is 13.7 Å². The third-order valence-corrected chi connectivity index (χ3v) is 3.51. The molecule has 1 atom stereocenters. The second-order valence-corrected chi connectivity index (χ2v) is 5.63. The molecule has 0 aliphatic rings. The van der Waals surface area contributed by atoms with Crippen LogP contribution in [-0.4, -0.2) is 46.4 Å². The summed E-state index contributed by atoms with van der Waals surface area (Å²) in [5.41, 5.74) is -0.0473. The van der Waals surface area contributed by atoms with E-state index in [1.54, 1.807) is 24.3 Å². The predicted octanol–water partition coefficient (Wildman–Crippen LogP) is 1.95. The van der Waals surface area contributed by atoms with Gasteiger partial charge < -0.3 is 15.2 Å². The lowest BCUT2D eigenvalue weighted by molar-refractivity contribution is -0.145. The number of methoxy groups -OCH3 is 1. The monoisotopic (exact) mass is 337 g/mol. The van der Waals surface area contributed by atoms with Crippen LogP contribution in [0, 0.1) is 0 Å². The minimum Gasteiger partial charge on any atom is -0.479 e. The van der Waals surface area contributed by atoms with Crippen molar-refractivity contribution >= 4 is 23.5 Å². The predicted molar refractivity (Wildman–Crippen MR) is 84.4 cm³/mol. The Morgan fingerprint density at radius 2 is 2.04 bits per heavy atom. The number of aromatic amines is 1. The molecule has 8 heteroatoms. The van der Waals surface area contributed by atoms with Gasteiger partial charge >= 0.3 is 5.97 Å². The number of hydrogen-bond donors (Lipinski definition) is 3. The first kappa shape index (κ1) is 17.0. The maximum Gasteiger partial charge on any atom is 0.331 e. The van der Waals surface area contributed by atoms with Crippen molar-refractivity contribution in [1.29, 1.82) is 0 Å². The van der Waals surface area contributed by atoms with Gasteiger partial charge in [-0.2, -0.15) is 5.10 Å². The largest absolute Gasteiger partial charge is 0.479 e. The van der Waals surface area contributed by atoms with E-state index in [9.17, 15) is 14.7 Å². The lowest BCUT2D eigenvalue weighted by Crippen LogP contribution is -2.55. The zero-order valence-electron chi connectivity index (χ0n) is 12.6. The van der Waals surface area contributed by atoms with E-state index in [4.69, 9.17) is 16.3 Å². The molecular formula is C15H16ClN3O4. The molecule has 1 amide bonds. The maximum atomic E-state index is 12.2. The van der Waals surface area contributed by atoms with Crippen LogP contribution in [0.5, 0.6) is 0 Å². The molecule has 0 aliphatic heterocycles. The van der Waals surface area contributed by atoms with Gasteiger partial charge in [0.15, 0.2) is 5.54 Å². The van der Waals surface area contributed by atoms with Gasteiger partial charge in [-0.25, -0.2) is 4.79 Å². The molecule has 0 saturated carbocycles. The molecule has 0 aliphatic carbocycles. The second kappa shape index (κ2) is 6.80. The highest BCUT2D eigenvalue weighted by atomic mass is 35.5. The van der Waals surface area contributed by atoms with E-state index in [2.05, 4.69) is 15.5 Å². The molecule has 2 rings (SSSR count). The number of benzene rings is 1. The molecule has 7 nitrogen and oxygen atoms in total. The molecular weight excluding hydrogens is 322 g/mol. The average Bonchev–Trinajstić information content (AvgIpc) is 2.98. The van der Waals surface area contributed by atoms with Crippen LogP contribution in [0.2, 0.25) is 5.02 Å². The number of nitrogens with zero attached hydrogens (tertiary/aromatic N) is 1. The topological polar surface area (TPSA) is 104 Å². The summed E-state index contributed by atoms with van der Waals surface area (Å²) in [6.45, 7) is 1.21. The van der Waals surface area contributed by atoms with Crippen LogP contribution in [0.4, 0.5) is 0 Å². The molecule has 0 spiro atoms. The second-order valence-electron chi connectivity index (χ2n) is 5.20.